The van der Waals surface area contributed by atoms with Gasteiger partial charge >= 0.3 is 0 Å². The Morgan fingerprint density at radius 2 is 1.81 bits per heavy atom. The molecule has 1 fully saturated rings. The highest BCUT2D eigenvalue weighted by Crippen LogP contribution is 2.29. The Labute approximate surface area is 192 Å². The van der Waals surface area contributed by atoms with Crippen LogP contribution in [0.15, 0.2) is 64.9 Å². The predicted molar refractivity (Wildman–Crippen MR) is 127 cm³/mol. The molecule has 1 saturated heterocycles. The van der Waals surface area contributed by atoms with Crippen molar-refractivity contribution in [2.45, 2.75) is 37.0 Å². The lowest BCUT2D eigenvalue weighted by molar-refractivity contribution is -0.115. The Morgan fingerprint density at radius 1 is 1.06 bits per heavy atom. The van der Waals surface area contributed by atoms with E-state index < -0.39 is 10.0 Å². The molecule has 2 heterocycles. The van der Waals surface area contributed by atoms with Gasteiger partial charge in [-0.05, 0) is 55.2 Å². The van der Waals surface area contributed by atoms with Crippen molar-refractivity contribution in [1.29, 1.82) is 0 Å². The van der Waals surface area contributed by atoms with Crippen molar-refractivity contribution in [3.8, 4) is 5.75 Å². The molecule has 1 aliphatic heterocycles. The minimum Gasteiger partial charge on any atom is -0.487 e. The van der Waals surface area contributed by atoms with Gasteiger partial charge in [-0.2, -0.15) is 4.31 Å². The number of ether oxygens (including phenoxy) is 1. The number of rotatable bonds is 8. The van der Waals surface area contributed by atoms with Crippen molar-refractivity contribution >= 4 is 33.0 Å². The summed E-state index contributed by atoms with van der Waals surface area (Å²) in [5.41, 5.74) is 2.66. The van der Waals surface area contributed by atoms with Crippen molar-refractivity contribution in [1.82, 2.24) is 4.31 Å². The quantitative estimate of drug-likeness (QED) is 0.522. The van der Waals surface area contributed by atoms with Crippen LogP contribution in [0.25, 0.3) is 0 Å². The Kier molecular flexibility index (Phi) is 6.93. The van der Waals surface area contributed by atoms with Gasteiger partial charge in [-0.25, -0.2) is 8.42 Å². The summed E-state index contributed by atoms with van der Waals surface area (Å²) in [4.78, 5) is 13.4. The van der Waals surface area contributed by atoms with Crippen molar-refractivity contribution in [2.24, 2.45) is 0 Å². The SMILES string of the molecule is Cc1ccc(NC(=O)Cc2ccc(S(=O)(=O)N3CCCC3)s2)c(OCc2ccccc2)c1. The molecule has 6 nitrogen and oxygen atoms in total. The van der Waals surface area contributed by atoms with Crippen molar-refractivity contribution in [2.75, 3.05) is 18.4 Å². The summed E-state index contributed by atoms with van der Waals surface area (Å²) in [6.07, 6.45) is 1.89. The molecule has 1 N–H and O–H groups in total. The second-order valence-electron chi connectivity index (χ2n) is 7.83. The molecule has 3 aromatic rings. The van der Waals surface area contributed by atoms with Gasteiger partial charge in [0.05, 0.1) is 12.1 Å². The zero-order chi connectivity index (χ0) is 22.6. The Hall–Kier alpha value is -2.68. The standard InChI is InChI=1S/C24H26N2O4S2/c1-18-9-11-21(22(15-18)30-17-19-7-3-2-4-8-19)25-23(27)16-20-10-12-24(31-20)32(28,29)26-13-5-6-14-26/h2-4,7-12,15H,5-6,13-14,16-17H2,1H3,(H,25,27). The third kappa shape index (κ3) is 5.38. The van der Waals surface area contributed by atoms with Crippen LogP contribution in [0.4, 0.5) is 5.69 Å². The highest BCUT2D eigenvalue weighted by atomic mass is 32.2. The van der Waals surface area contributed by atoms with Crippen LogP contribution in [0, 0.1) is 6.92 Å². The van der Waals surface area contributed by atoms with E-state index in [1.807, 2.05) is 55.5 Å². The van der Waals surface area contributed by atoms with Crippen LogP contribution in [-0.2, 0) is 27.8 Å². The summed E-state index contributed by atoms with van der Waals surface area (Å²) in [6.45, 7) is 3.50. The number of anilines is 1. The Balaban J connectivity index is 1.42. The fraction of sp³-hybridized carbons (Fsp3) is 0.292. The number of carbonyl (C=O) groups excluding carboxylic acids is 1. The van der Waals surface area contributed by atoms with Crippen LogP contribution in [0.3, 0.4) is 0 Å². The molecule has 0 unspecified atom stereocenters. The second kappa shape index (κ2) is 9.85. The maximum absolute atomic E-state index is 12.7. The molecule has 0 saturated carbocycles. The molecule has 0 bridgehead atoms. The van der Waals surface area contributed by atoms with E-state index in [0.29, 0.717) is 40.2 Å². The van der Waals surface area contributed by atoms with Crippen LogP contribution in [-0.4, -0.2) is 31.7 Å². The molecule has 1 amide bonds. The first kappa shape index (κ1) is 22.5. The van der Waals surface area contributed by atoms with Crippen LogP contribution in [0.5, 0.6) is 5.75 Å². The van der Waals surface area contributed by atoms with Crippen LogP contribution in [0.2, 0.25) is 0 Å². The number of amides is 1. The van der Waals surface area contributed by atoms with Gasteiger partial charge in [0, 0.05) is 18.0 Å². The van der Waals surface area contributed by atoms with Gasteiger partial charge in [0.2, 0.25) is 5.91 Å². The lowest BCUT2D eigenvalue weighted by atomic mass is 10.2. The van der Waals surface area contributed by atoms with E-state index >= 15 is 0 Å². The average Bonchev–Trinajstić information content (AvgIpc) is 3.48. The third-order valence-electron chi connectivity index (χ3n) is 5.28. The third-order valence-corrected chi connectivity index (χ3v) is 8.73. The lowest BCUT2D eigenvalue weighted by Crippen LogP contribution is -2.27. The van der Waals surface area contributed by atoms with E-state index in [1.54, 1.807) is 12.1 Å². The fourth-order valence-corrected chi connectivity index (χ4v) is 6.61. The molecule has 0 spiro atoms. The Morgan fingerprint density at radius 3 is 2.56 bits per heavy atom. The molecule has 168 valence electrons. The molecule has 8 heteroatoms. The molecule has 4 rings (SSSR count). The largest absolute Gasteiger partial charge is 0.487 e. The van der Waals surface area contributed by atoms with Gasteiger partial charge in [-0.1, -0.05) is 36.4 Å². The van der Waals surface area contributed by atoms with Gasteiger partial charge in [0.15, 0.2) is 0 Å². The number of carbonyl (C=O) groups is 1. The monoisotopic (exact) mass is 470 g/mol. The van der Waals surface area contributed by atoms with Gasteiger partial charge in [-0.3, -0.25) is 4.79 Å². The maximum atomic E-state index is 12.7. The molecule has 0 aliphatic carbocycles. The highest BCUT2D eigenvalue weighted by Gasteiger charge is 2.28. The smallest absolute Gasteiger partial charge is 0.252 e. The molecule has 1 aromatic heterocycles. The summed E-state index contributed by atoms with van der Waals surface area (Å²) >= 11 is 1.16. The summed E-state index contributed by atoms with van der Waals surface area (Å²) in [5, 5.41) is 2.91. The van der Waals surface area contributed by atoms with Crippen LogP contribution >= 0.6 is 11.3 Å². The molecular formula is C24H26N2O4S2. The van der Waals surface area contributed by atoms with Crippen molar-refractivity contribution in [3.63, 3.8) is 0 Å². The molecular weight excluding hydrogens is 444 g/mol. The van der Waals surface area contributed by atoms with Gasteiger partial charge < -0.3 is 10.1 Å². The summed E-state index contributed by atoms with van der Waals surface area (Å²) in [5.74, 6) is 0.385. The van der Waals surface area contributed by atoms with Crippen molar-refractivity contribution < 1.29 is 17.9 Å². The first-order valence-electron chi connectivity index (χ1n) is 10.6. The van der Waals surface area contributed by atoms with E-state index in [9.17, 15) is 13.2 Å². The van der Waals surface area contributed by atoms with E-state index in [-0.39, 0.29) is 12.3 Å². The van der Waals surface area contributed by atoms with Crippen LogP contribution in [0.1, 0.15) is 28.8 Å². The average molecular weight is 471 g/mol. The molecule has 0 atom stereocenters. The number of aryl methyl sites for hydroxylation is 1. The number of nitrogens with one attached hydrogen (secondary N) is 1. The number of benzene rings is 2. The number of hydrogen-bond acceptors (Lipinski definition) is 5. The summed E-state index contributed by atoms with van der Waals surface area (Å²) in [6, 6.07) is 18.8. The minimum atomic E-state index is -3.46. The van der Waals surface area contributed by atoms with Gasteiger partial charge in [0.25, 0.3) is 10.0 Å². The summed E-state index contributed by atoms with van der Waals surface area (Å²) < 4.78 is 33.2. The van der Waals surface area contributed by atoms with E-state index in [1.165, 1.54) is 4.31 Å². The highest BCUT2D eigenvalue weighted by molar-refractivity contribution is 7.91. The maximum Gasteiger partial charge on any atom is 0.252 e. The van der Waals surface area contributed by atoms with E-state index in [2.05, 4.69) is 5.32 Å². The zero-order valence-electron chi connectivity index (χ0n) is 17.9. The number of hydrogen-bond donors (Lipinski definition) is 1. The van der Waals surface area contributed by atoms with Crippen LogP contribution < -0.4 is 10.1 Å². The topological polar surface area (TPSA) is 75.7 Å². The molecule has 32 heavy (non-hydrogen) atoms. The van der Waals surface area contributed by atoms with E-state index in [4.69, 9.17) is 4.74 Å². The first-order valence-corrected chi connectivity index (χ1v) is 12.8. The lowest BCUT2D eigenvalue weighted by Gasteiger charge is -2.14. The number of sulfonamides is 1. The molecule has 0 radical (unpaired) electrons. The molecule has 1 aliphatic rings. The second-order valence-corrected chi connectivity index (χ2v) is 11.2. The van der Waals surface area contributed by atoms with Crippen molar-refractivity contribution in [3.05, 3.63) is 76.7 Å². The first-order chi connectivity index (χ1) is 15.4. The van der Waals surface area contributed by atoms with Gasteiger partial charge in [0.1, 0.15) is 16.6 Å². The normalized spacial score (nSPS) is 14.4. The molecule has 2 aromatic carbocycles. The van der Waals surface area contributed by atoms with Gasteiger partial charge in [-0.15, -0.1) is 11.3 Å². The number of nitrogens with zero attached hydrogens (tertiary/aromatic N) is 1. The Bertz CT molecular complexity index is 1180. The summed E-state index contributed by atoms with van der Waals surface area (Å²) in [7, 11) is -3.46. The minimum absolute atomic E-state index is 0.103. The number of thiophene rings is 1. The zero-order valence-corrected chi connectivity index (χ0v) is 19.5. The fourth-order valence-electron chi connectivity index (χ4n) is 3.59. The van der Waals surface area contributed by atoms with E-state index in [0.717, 1.165) is 35.3 Å². The predicted octanol–water partition coefficient (Wildman–Crippen LogP) is 4.60.